The van der Waals surface area contributed by atoms with Crippen LogP contribution in [0.15, 0.2) is 83.8 Å². The third kappa shape index (κ3) is 2.97. The Hall–Kier alpha value is -3.73. The average Bonchev–Trinajstić information content (AvgIpc) is 2.75. The minimum absolute atomic E-state index is 0.228. The molecule has 0 fully saturated rings. The van der Waals surface area contributed by atoms with E-state index < -0.39 is 5.97 Å². The first-order valence-corrected chi connectivity index (χ1v) is 9.04. The van der Waals surface area contributed by atoms with E-state index in [1.54, 1.807) is 29.8 Å². The first-order valence-electron chi connectivity index (χ1n) is 9.04. The zero-order valence-electron chi connectivity index (χ0n) is 15.3. The normalized spacial score (nSPS) is 10.8. The lowest BCUT2D eigenvalue weighted by Gasteiger charge is -2.18. The molecule has 0 atom stereocenters. The van der Waals surface area contributed by atoms with Crippen molar-refractivity contribution in [3.8, 4) is 16.9 Å². The van der Waals surface area contributed by atoms with Crippen LogP contribution in [-0.4, -0.2) is 22.1 Å². The van der Waals surface area contributed by atoms with E-state index in [2.05, 4.69) is 4.98 Å². The van der Waals surface area contributed by atoms with Crippen molar-refractivity contribution in [2.45, 2.75) is 6.92 Å². The van der Waals surface area contributed by atoms with Gasteiger partial charge in [-0.15, -0.1) is 0 Å². The maximum atomic E-state index is 13.4. The van der Waals surface area contributed by atoms with Gasteiger partial charge in [0.2, 0.25) is 0 Å². The van der Waals surface area contributed by atoms with Crippen LogP contribution in [0.4, 0.5) is 0 Å². The quantitative estimate of drug-likeness (QED) is 0.505. The van der Waals surface area contributed by atoms with Crippen molar-refractivity contribution in [3.63, 3.8) is 0 Å². The molecule has 2 aromatic heterocycles. The zero-order valence-corrected chi connectivity index (χ0v) is 15.3. The van der Waals surface area contributed by atoms with E-state index in [4.69, 9.17) is 4.74 Å². The van der Waals surface area contributed by atoms with Gasteiger partial charge in [-0.2, -0.15) is 0 Å². The molecule has 5 heteroatoms. The fourth-order valence-electron chi connectivity index (χ4n) is 3.31. The Labute approximate surface area is 161 Å². The van der Waals surface area contributed by atoms with Crippen molar-refractivity contribution < 1.29 is 9.53 Å². The zero-order chi connectivity index (χ0) is 19.5. The second-order valence-electron chi connectivity index (χ2n) is 6.19. The molecule has 0 aliphatic heterocycles. The minimum Gasteiger partial charge on any atom is -0.462 e. The molecular formula is C23H18N2O3. The Balaban J connectivity index is 2.22. The third-order valence-electron chi connectivity index (χ3n) is 4.48. The number of carbonyl (C=O) groups excluding carboxylic acids is 1. The summed E-state index contributed by atoms with van der Waals surface area (Å²) in [4.78, 5) is 30.7. The molecule has 0 aliphatic carbocycles. The number of hydrogen-bond donors (Lipinski definition) is 0. The summed E-state index contributed by atoms with van der Waals surface area (Å²) in [6.07, 6.45) is 1.58. The molecule has 5 nitrogen and oxygen atoms in total. The van der Waals surface area contributed by atoms with Gasteiger partial charge in [-0.3, -0.25) is 14.3 Å². The standard InChI is InChI=1S/C23H18N2O3/c1-2-28-23(27)19-20-18(14-9-15-24-20)22(26)25(17-12-7-4-8-13-17)21(19)16-10-5-3-6-11-16/h3-15H,2H2,1H3. The van der Waals surface area contributed by atoms with Crippen LogP contribution in [0.5, 0.6) is 0 Å². The molecule has 0 radical (unpaired) electrons. The number of carbonyl (C=O) groups is 1. The van der Waals surface area contributed by atoms with E-state index in [-0.39, 0.29) is 17.7 Å². The Morgan fingerprint density at radius 3 is 2.32 bits per heavy atom. The predicted octanol–water partition coefficient (Wildman–Crippen LogP) is 4.23. The van der Waals surface area contributed by atoms with Gasteiger partial charge in [-0.05, 0) is 36.8 Å². The molecule has 0 saturated heterocycles. The van der Waals surface area contributed by atoms with Gasteiger partial charge in [0.05, 0.1) is 23.2 Å². The van der Waals surface area contributed by atoms with Crippen LogP contribution in [0.2, 0.25) is 0 Å². The lowest BCUT2D eigenvalue weighted by Crippen LogP contribution is -2.25. The SMILES string of the molecule is CCOC(=O)c1c(-c2ccccc2)n(-c2ccccc2)c(=O)c2cccnc12. The van der Waals surface area contributed by atoms with E-state index in [9.17, 15) is 9.59 Å². The molecule has 0 aliphatic rings. The highest BCUT2D eigenvalue weighted by atomic mass is 16.5. The second kappa shape index (κ2) is 7.48. The molecule has 2 heterocycles. The number of esters is 1. The summed E-state index contributed by atoms with van der Waals surface area (Å²) in [6.45, 7) is 1.98. The first-order chi connectivity index (χ1) is 13.7. The summed E-state index contributed by atoms with van der Waals surface area (Å²) in [5, 5.41) is 0.370. The topological polar surface area (TPSA) is 61.2 Å². The Bertz CT molecular complexity index is 1200. The van der Waals surface area contributed by atoms with Crippen molar-refractivity contribution in [3.05, 3.63) is 94.9 Å². The van der Waals surface area contributed by atoms with Crippen molar-refractivity contribution in [1.29, 1.82) is 0 Å². The van der Waals surface area contributed by atoms with Gasteiger partial charge < -0.3 is 4.74 Å². The van der Waals surface area contributed by atoms with Crippen LogP contribution >= 0.6 is 0 Å². The molecule has 138 valence electrons. The lowest BCUT2D eigenvalue weighted by molar-refractivity contribution is 0.0528. The maximum Gasteiger partial charge on any atom is 0.342 e. The fourth-order valence-corrected chi connectivity index (χ4v) is 3.31. The van der Waals surface area contributed by atoms with E-state index in [1.807, 2.05) is 60.7 Å². The van der Waals surface area contributed by atoms with Crippen molar-refractivity contribution >= 4 is 16.9 Å². The highest BCUT2D eigenvalue weighted by molar-refractivity contribution is 6.08. The molecular weight excluding hydrogens is 352 g/mol. The van der Waals surface area contributed by atoms with Crippen molar-refractivity contribution in [2.75, 3.05) is 6.61 Å². The number of aromatic nitrogens is 2. The lowest BCUT2D eigenvalue weighted by atomic mass is 10.0. The van der Waals surface area contributed by atoms with Gasteiger partial charge in [-0.25, -0.2) is 4.79 Å². The molecule has 4 rings (SSSR count). The van der Waals surface area contributed by atoms with Crippen molar-refractivity contribution in [2.24, 2.45) is 0 Å². The Kier molecular flexibility index (Phi) is 4.72. The van der Waals surface area contributed by atoms with E-state index >= 15 is 0 Å². The summed E-state index contributed by atoms with van der Waals surface area (Å²) in [5.41, 5.74) is 2.27. The molecule has 0 N–H and O–H groups in total. The molecule has 0 spiro atoms. The Morgan fingerprint density at radius 2 is 1.64 bits per heavy atom. The number of para-hydroxylation sites is 1. The third-order valence-corrected chi connectivity index (χ3v) is 4.48. The number of rotatable bonds is 4. The monoisotopic (exact) mass is 370 g/mol. The maximum absolute atomic E-state index is 13.4. The van der Waals surface area contributed by atoms with Crippen LogP contribution in [-0.2, 0) is 4.74 Å². The first kappa shape index (κ1) is 17.7. The summed E-state index contributed by atoms with van der Waals surface area (Å²) in [7, 11) is 0. The van der Waals surface area contributed by atoms with Gasteiger partial charge in [0, 0.05) is 11.9 Å². The summed E-state index contributed by atoms with van der Waals surface area (Å²) in [5.74, 6) is -0.505. The number of nitrogens with zero attached hydrogens (tertiary/aromatic N) is 2. The van der Waals surface area contributed by atoms with Gasteiger partial charge in [0.1, 0.15) is 5.56 Å². The van der Waals surface area contributed by atoms with Crippen LogP contribution in [0.1, 0.15) is 17.3 Å². The number of benzene rings is 2. The number of ether oxygens (including phenoxy) is 1. The van der Waals surface area contributed by atoms with E-state index in [0.29, 0.717) is 22.3 Å². The number of fused-ring (bicyclic) bond motifs is 1. The van der Waals surface area contributed by atoms with Gasteiger partial charge >= 0.3 is 5.97 Å². The highest BCUT2D eigenvalue weighted by Gasteiger charge is 2.25. The smallest absolute Gasteiger partial charge is 0.342 e. The second-order valence-corrected chi connectivity index (χ2v) is 6.19. The predicted molar refractivity (Wildman–Crippen MR) is 109 cm³/mol. The van der Waals surface area contributed by atoms with Crippen LogP contribution in [0.3, 0.4) is 0 Å². The summed E-state index contributed by atoms with van der Waals surface area (Å²) >= 11 is 0. The molecule has 0 amide bonds. The van der Waals surface area contributed by atoms with Crippen LogP contribution < -0.4 is 5.56 Å². The molecule has 2 aromatic carbocycles. The molecule has 0 bridgehead atoms. The van der Waals surface area contributed by atoms with E-state index in [1.165, 1.54) is 0 Å². The molecule has 28 heavy (non-hydrogen) atoms. The van der Waals surface area contributed by atoms with Gasteiger partial charge in [-0.1, -0.05) is 48.5 Å². The highest BCUT2D eigenvalue weighted by Crippen LogP contribution is 2.30. The number of pyridine rings is 2. The molecule has 0 saturated carbocycles. The van der Waals surface area contributed by atoms with Crippen molar-refractivity contribution in [1.82, 2.24) is 9.55 Å². The van der Waals surface area contributed by atoms with E-state index in [0.717, 1.165) is 5.56 Å². The van der Waals surface area contributed by atoms with Crippen LogP contribution in [0, 0.1) is 0 Å². The fraction of sp³-hybridized carbons (Fsp3) is 0.0870. The van der Waals surface area contributed by atoms with Crippen LogP contribution in [0.25, 0.3) is 27.8 Å². The molecule has 0 unspecified atom stereocenters. The van der Waals surface area contributed by atoms with Gasteiger partial charge in [0.25, 0.3) is 5.56 Å². The Morgan fingerprint density at radius 1 is 0.964 bits per heavy atom. The van der Waals surface area contributed by atoms with Gasteiger partial charge in [0.15, 0.2) is 0 Å². The largest absolute Gasteiger partial charge is 0.462 e. The average molecular weight is 370 g/mol. The number of hydrogen-bond acceptors (Lipinski definition) is 4. The summed E-state index contributed by atoms with van der Waals surface area (Å²) in [6, 6.07) is 22.0. The molecule has 4 aromatic rings. The summed E-state index contributed by atoms with van der Waals surface area (Å²) < 4.78 is 6.90. The minimum atomic E-state index is -0.505.